The van der Waals surface area contributed by atoms with E-state index in [0.717, 1.165) is 6.42 Å². The van der Waals surface area contributed by atoms with Crippen molar-refractivity contribution in [2.24, 2.45) is 0 Å². The number of aliphatic carboxylic acids is 1. The van der Waals surface area contributed by atoms with E-state index in [1.807, 2.05) is 0 Å². The summed E-state index contributed by atoms with van der Waals surface area (Å²) in [5.74, 6) is -1.59. The van der Waals surface area contributed by atoms with Gasteiger partial charge in [0.1, 0.15) is 17.4 Å². The molecule has 1 atom stereocenters. The molecule has 1 aliphatic rings. The average molecular weight is 574 g/mol. The van der Waals surface area contributed by atoms with Crippen molar-refractivity contribution in [2.75, 3.05) is 35.6 Å². The molecule has 0 bridgehead atoms. The van der Waals surface area contributed by atoms with Crippen LogP contribution in [0, 0.1) is 0 Å². The molecule has 204 valence electrons. The zero-order chi connectivity index (χ0) is 28.1. The molecule has 0 radical (unpaired) electrons. The van der Waals surface area contributed by atoms with Crippen molar-refractivity contribution >= 4 is 58.0 Å². The lowest BCUT2D eigenvalue weighted by molar-refractivity contribution is -0.137. The summed E-state index contributed by atoms with van der Waals surface area (Å²) in [5.41, 5.74) is -0.463. The van der Waals surface area contributed by atoms with Crippen LogP contribution in [0.2, 0.25) is 10.0 Å². The van der Waals surface area contributed by atoms with Crippen molar-refractivity contribution in [3.8, 4) is 0 Å². The minimum absolute atomic E-state index is 0.0193. The molecular formula is C26H25Cl2N5O6. The maximum Gasteiger partial charge on any atom is 0.326 e. The highest BCUT2D eigenvalue weighted by atomic mass is 35.5. The van der Waals surface area contributed by atoms with Crippen LogP contribution >= 0.6 is 23.2 Å². The predicted octanol–water partition coefficient (Wildman–Crippen LogP) is 2.77. The largest absolute Gasteiger partial charge is 0.480 e. The number of carbonyl (C=O) groups is 3. The zero-order valence-corrected chi connectivity index (χ0v) is 22.1. The number of nitrogens with zero attached hydrogens (tertiary/aromatic N) is 2. The van der Waals surface area contributed by atoms with Crippen molar-refractivity contribution < 1.29 is 19.5 Å². The Bertz CT molecular complexity index is 1450. The van der Waals surface area contributed by atoms with Gasteiger partial charge in [0, 0.05) is 50.4 Å². The summed E-state index contributed by atoms with van der Waals surface area (Å²) in [6, 6.07) is 5.00. The van der Waals surface area contributed by atoms with E-state index in [0.29, 0.717) is 38.0 Å². The van der Waals surface area contributed by atoms with Crippen LogP contribution in [0.4, 0.5) is 17.1 Å². The normalized spacial score (nSPS) is 13.9. The van der Waals surface area contributed by atoms with Crippen molar-refractivity contribution in [3.05, 3.63) is 78.3 Å². The molecule has 39 heavy (non-hydrogen) atoms. The van der Waals surface area contributed by atoms with Crippen LogP contribution in [-0.2, 0) is 16.0 Å². The molecular weight excluding hydrogens is 549 g/mol. The SMILES string of the molecule is O=C(Nc1c(Cl)cncc1Cl)c1ccc(C[C@H](Nc2c(NCCCN3CCCC3=O)c(=O)c2=O)C(=O)O)cc1. The number of amides is 2. The fraction of sp³-hybridized carbons (Fsp3) is 0.308. The third-order valence-corrected chi connectivity index (χ3v) is 6.93. The smallest absolute Gasteiger partial charge is 0.326 e. The van der Waals surface area contributed by atoms with Gasteiger partial charge in [-0.1, -0.05) is 35.3 Å². The van der Waals surface area contributed by atoms with Gasteiger partial charge >= 0.3 is 5.97 Å². The Morgan fingerprint density at radius 3 is 2.28 bits per heavy atom. The third-order valence-electron chi connectivity index (χ3n) is 6.35. The Morgan fingerprint density at radius 1 is 1.00 bits per heavy atom. The molecule has 2 amide bonds. The van der Waals surface area contributed by atoms with Crippen LogP contribution in [0.1, 0.15) is 35.2 Å². The number of carboxylic acid groups (broad SMARTS) is 1. The minimum atomic E-state index is -1.22. The molecule has 1 aliphatic heterocycles. The van der Waals surface area contributed by atoms with Crippen molar-refractivity contribution in [1.29, 1.82) is 0 Å². The quantitative estimate of drug-likeness (QED) is 0.189. The number of rotatable bonds is 12. The van der Waals surface area contributed by atoms with Crippen molar-refractivity contribution in [2.45, 2.75) is 31.7 Å². The van der Waals surface area contributed by atoms with Gasteiger partial charge < -0.3 is 26.0 Å². The predicted molar refractivity (Wildman–Crippen MR) is 148 cm³/mol. The lowest BCUT2D eigenvalue weighted by Crippen LogP contribution is -2.42. The van der Waals surface area contributed by atoms with E-state index >= 15 is 0 Å². The van der Waals surface area contributed by atoms with Crippen molar-refractivity contribution in [3.63, 3.8) is 0 Å². The van der Waals surface area contributed by atoms with E-state index in [9.17, 15) is 29.1 Å². The maximum atomic E-state index is 12.6. The third kappa shape index (κ3) is 6.55. The maximum absolute atomic E-state index is 12.6. The number of anilines is 3. The summed E-state index contributed by atoms with van der Waals surface area (Å²) in [6.45, 7) is 1.60. The number of halogens is 2. The van der Waals surface area contributed by atoms with Crippen LogP contribution in [0.25, 0.3) is 0 Å². The first-order chi connectivity index (χ1) is 18.7. The Morgan fingerprint density at radius 2 is 1.67 bits per heavy atom. The van der Waals surface area contributed by atoms with Gasteiger partial charge in [-0.05, 0) is 30.5 Å². The molecule has 2 heterocycles. The number of aromatic nitrogens is 1. The van der Waals surface area contributed by atoms with E-state index in [-0.39, 0.29) is 45.0 Å². The van der Waals surface area contributed by atoms with Crippen LogP contribution in [0.3, 0.4) is 0 Å². The number of nitrogens with one attached hydrogen (secondary N) is 3. The Labute approximate surface area is 232 Å². The van der Waals surface area contributed by atoms with Crippen LogP contribution < -0.4 is 26.8 Å². The highest BCUT2D eigenvalue weighted by Gasteiger charge is 2.27. The molecule has 13 heteroatoms. The molecule has 4 rings (SSSR count). The summed E-state index contributed by atoms with van der Waals surface area (Å²) in [6.07, 6.45) is 4.62. The first kappa shape index (κ1) is 28.1. The van der Waals surface area contributed by atoms with Gasteiger partial charge in [-0.2, -0.15) is 0 Å². The number of likely N-dealkylation sites (tertiary alicyclic amines) is 1. The van der Waals surface area contributed by atoms with Gasteiger partial charge in [-0.25, -0.2) is 4.79 Å². The molecule has 1 aromatic heterocycles. The average Bonchev–Trinajstić information content (AvgIpc) is 3.33. The highest BCUT2D eigenvalue weighted by molar-refractivity contribution is 6.39. The zero-order valence-electron chi connectivity index (χ0n) is 20.6. The first-order valence-electron chi connectivity index (χ1n) is 12.2. The van der Waals surface area contributed by atoms with E-state index in [1.54, 1.807) is 17.0 Å². The molecule has 4 N–H and O–H groups in total. The summed E-state index contributed by atoms with van der Waals surface area (Å²) in [7, 11) is 0. The number of carbonyl (C=O) groups excluding carboxylic acids is 2. The second kappa shape index (κ2) is 12.3. The molecule has 11 nitrogen and oxygen atoms in total. The van der Waals surface area contributed by atoms with Gasteiger partial charge in [0.25, 0.3) is 16.8 Å². The first-order valence-corrected chi connectivity index (χ1v) is 12.9. The van der Waals surface area contributed by atoms with E-state index < -0.39 is 28.8 Å². The van der Waals surface area contributed by atoms with Crippen LogP contribution in [0.5, 0.6) is 0 Å². The standard InChI is InChI=1S/C26H25Cl2N5O6/c27-16-12-29-13-17(28)20(16)32-25(37)15-6-4-14(5-7-15)11-18(26(38)39)31-22-21(23(35)24(22)36)30-8-2-10-33-9-1-3-19(33)34/h4-7,12-13,18,30-31H,1-3,8-11H2,(H,38,39)(H,29,32,37)/t18-/m0/s1. The van der Waals surface area contributed by atoms with Gasteiger partial charge in [0.05, 0.1) is 15.7 Å². The number of pyridine rings is 1. The van der Waals surface area contributed by atoms with Gasteiger partial charge in [-0.3, -0.25) is 24.2 Å². The minimum Gasteiger partial charge on any atom is -0.480 e. The Balaban J connectivity index is 1.36. The Hall–Kier alpha value is -3.96. The lowest BCUT2D eigenvalue weighted by Gasteiger charge is -2.20. The Kier molecular flexibility index (Phi) is 8.82. The highest BCUT2D eigenvalue weighted by Crippen LogP contribution is 2.29. The molecule has 2 aromatic carbocycles. The number of benzene rings is 1. The molecule has 0 saturated carbocycles. The van der Waals surface area contributed by atoms with Gasteiger partial charge in [0.15, 0.2) is 0 Å². The second-order valence-corrected chi connectivity index (χ2v) is 9.86. The molecule has 0 spiro atoms. The summed E-state index contributed by atoms with van der Waals surface area (Å²) in [5, 5.41) is 18.3. The lowest BCUT2D eigenvalue weighted by atomic mass is 10.0. The fourth-order valence-electron chi connectivity index (χ4n) is 4.24. The summed E-state index contributed by atoms with van der Waals surface area (Å²) >= 11 is 12.1. The number of carboxylic acids is 1. The molecule has 0 unspecified atom stereocenters. The number of hydrogen-bond acceptors (Lipinski definition) is 8. The molecule has 1 fully saturated rings. The second-order valence-electron chi connectivity index (χ2n) is 9.04. The van der Waals surface area contributed by atoms with Crippen molar-refractivity contribution in [1.82, 2.24) is 9.88 Å². The van der Waals surface area contributed by atoms with Gasteiger partial charge in [-0.15, -0.1) is 0 Å². The molecule has 1 saturated heterocycles. The summed E-state index contributed by atoms with van der Waals surface area (Å²) < 4.78 is 0. The molecule has 3 aromatic rings. The topological polar surface area (TPSA) is 158 Å². The molecule has 0 aliphatic carbocycles. The van der Waals surface area contributed by atoms with Crippen LogP contribution in [0.15, 0.2) is 46.2 Å². The van der Waals surface area contributed by atoms with Gasteiger partial charge in [0.2, 0.25) is 5.91 Å². The van der Waals surface area contributed by atoms with E-state index in [4.69, 9.17) is 23.2 Å². The van der Waals surface area contributed by atoms with E-state index in [2.05, 4.69) is 20.9 Å². The van der Waals surface area contributed by atoms with E-state index in [1.165, 1.54) is 24.5 Å². The summed E-state index contributed by atoms with van der Waals surface area (Å²) in [4.78, 5) is 66.0. The fourth-order valence-corrected chi connectivity index (χ4v) is 4.70. The monoisotopic (exact) mass is 573 g/mol. The van der Waals surface area contributed by atoms with Crippen LogP contribution in [-0.4, -0.2) is 58.5 Å². The number of hydrogen-bond donors (Lipinski definition) is 4.